The molecule has 4 atom stereocenters. The summed E-state index contributed by atoms with van der Waals surface area (Å²) in [6.45, 7) is 2.42. The molecule has 40 heavy (non-hydrogen) atoms. The van der Waals surface area contributed by atoms with E-state index in [-0.39, 0.29) is 19.3 Å². The number of carbonyl (C=O) groups excluding carboxylic acids is 3. The van der Waals surface area contributed by atoms with E-state index in [9.17, 15) is 48.9 Å². The van der Waals surface area contributed by atoms with Gasteiger partial charge in [0, 0.05) is 12.8 Å². The van der Waals surface area contributed by atoms with E-state index in [2.05, 4.69) is 16.1 Å². The molecule has 228 valence electrons. The summed E-state index contributed by atoms with van der Waals surface area (Å²) in [5.74, 6) is -8.71. The maximum absolute atomic E-state index is 13.2. The predicted molar refractivity (Wildman–Crippen MR) is 137 cm³/mol. The molecule has 17 nitrogen and oxygen atoms in total. The summed E-state index contributed by atoms with van der Waals surface area (Å²) in [4.78, 5) is 83.2. The van der Waals surface area contributed by atoms with E-state index in [1.165, 1.54) is 13.8 Å². The summed E-state index contributed by atoms with van der Waals surface area (Å²) < 4.78 is 0. The largest absolute Gasteiger partial charge is 0.480 e. The highest BCUT2D eigenvalue weighted by Gasteiger charge is 2.33. The van der Waals surface area contributed by atoms with Gasteiger partial charge < -0.3 is 42.5 Å². The second-order valence-electron chi connectivity index (χ2n) is 9.39. The van der Waals surface area contributed by atoms with Crippen molar-refractivity contribution in [2.45, 2.75) is 83.0 Å². The molecule has 0 saturated carbocycles. The number of carboxylic acid groups (broad SMARTS) is 4. The van der Waals surface area contributed by atoms with Crippen LogP contribution in [-0.2, 0) is 33.6 Å². The fourth-order valence-corrected chi connectivity index (χ4v) is 3.38. The standard InChI is InChI=1S/C23H40N6O11/c1-12(2)19(27-17(31)8-6-13(25)21(35)36)20(34)29(11-18(32)33)28-15(23(39)40)7-9-16(30)26-14(22(37)38)5-3-4-10-24/h12-15,19,28H,3-11,24-25H2,1-2H3,(H,26,30)(H,27,31)(H,32,33)(H,35,36)(H,37,38)(H,39,40)/t13-,14-,15-,19-/m0/s1. The molecule has 0 heterocycles. The first kappa shape index (κ1) is 36.2. The Labute approximate surface area is 230 Å². The lowest BCUT2D eigenvalue weighted by Crippen LogP contribution is -2.59. The highest BCUT2D eigenvalue weighted by Crippen LogP contribution is 2.09. The zero-order valence-electron chi connectivity index (χ0n) is 22.5. The first-order chi connectivity index (χ1) is 18.6. The number of rotatable bonds is 21. The number of carbonyl (C=O) groups is 7. The molecule has 11 N–H and O–H groups in total. The van der Waals surface area contributed by atoms with Crippen molar-refractivity contribution in [3.8, 4) is 0 Å². The average molecular weight is 577 g/mol. The Hall–Kier alpha value is -3.83. The topological polar surface area (TPSA) is 292 Å². The van der Waals surface area contributed by atoms with E-state index in [1.54, 1.807) is 0 Å². The summed E-state index contributed by atoms with van der Waals surface area (Å²) >= 11 is 0. The molecule has 0 bridgehead atoms. The number of hydrazine groups is 1. The molecule has 0 unspecified atom stereocenters. The van der Waals surface area contributed by atoms with Crippen LogP contribution in [-0.4, -0.2) is 104 Å². The Morgan fingerprint density at radius 2 is 1.30 bits per heavy atom. The van der Waals surface area contributed by atoms with E-state index >= 15 is 0 Å². The minimum Gasteiger partial charge on any atom is -0.480 e. The van der Waals surface area contributed by atoms with Gasteiger partial charge in [0.05, 0.1) is 0 Å². The number of hydrogen-bond donors (Lipinski definition) is 9. The zero-order chi connectivity index (χ0) is 31.0. The molecule has 0 aromatic rings. The maximum Gasteiger partial charge on any atom is 0.326 e. The Morgan fingerprint density at radius 3 is 1.77 bits per heavy atom. The van der Waals surface area contributed by atoms with Crippen molar-refractivity contribution in [1.82, 2.24) is 21.1 Å². The summed E-state index contributed by atoms with van der Waals surface area (Å²) in [6, 6.07) is -5.47. The first-order valence-electron chi connectivity index (χ1n) is 12.6. The molecule has 0 radical (unpaired) electrons. The lowest BCUT2D eigenvalue weighted by atomic mass is 10.0. The summed E-state index contributed by atoms with van der Waals surface area (Å²) in [5, 5.41) is 42.2. The molecule has 0 rings (SSSR count). The minimum atomic E-state index is -1.63. The van der Waals surface area contributed by atoms with Crippen molar-refractivity contribution in [3.63, 3.8) is 0 Å². The third-order valence-electron chi connectivity index (χ3n) is 5.66. The smallest absolute Gasteiger partial charge is 0.326 e. The molecule has 0 aromatic carbocycles. The SMILES string of the molecule is CC(C)[C@H](NC(=O)CC[C@H](N)C(=O)O)C(=O)N(CC(=O)O)N[C@@H](CCC(=O)N[C@@H](CCCCN)C(=O)O)C(=O)O. The van der Waals surface area contributed by atoms with Gasteiger partial charge in [0.15, 0.2) is 0 Å². The number of unbranched alkanes of at least 4 members (excludes halogenated alkanes) is 1. The fraction of sp³-hybridized carbons (Fsp3) is 0.696. The van der Waals surface area contributed by atoms with Gasteiger partial charge in [0.2, 0.25) is 11.8 Å². The average Bonchev–Trinajstić information content (AvgIpc) is 2.85. The van der Waals surface area contributed by atoms with E-state index in [4.69, 9.17) is 16.6 Å². The van der Waals surface area contributed by atoms with Gasteiger partial charge in [-0.2, -0.15) is 0 Å². The number of nitrogens with one attached hydrogen (secondary N) is 3. The van der Waals surface area contributed by atoms with E-state index < -0.39 is 91.1 Å². The Morgan fingerprint density at radius 1 is 0.750 bits per heavy atom. The van der Waals surface area contributed by atoms with Crippen molar-refractivity contribution in [2.24, 2.45) is 17.4 Å². The monoisotopic (exact) mass is 576 g/mol. The predicted octanol–water partition coefficient (Wildman–Crippen LogP) is -2.33. The first-order valence-corrected chi connectivity index (χ1v) is 12.6. The van der Waals surface area contributed by atoms with Crippen molar-refractivity contribution < 1.29 is 54.0 Å². The molecule has 0 aliphatic carbocycles. The normalized spacial score (nSPS) is 13.9. The minimum absolute atomic E-state index is 0.115. The van der Waals surface area contributed by atoms with Crippen molar-refractivity contribution in [2.75, 3.05) is 13.1 Å². The van der Waals surface area contributed by atoms with Crippen molar-refractivity contribution in [3.05, 3.63) is 0 Å². The van der Waals surface area contributed by atoms with Gasteiger partial charge in [-0.3, -0.25) is 33.8 Å². The molecule has 0 aromatic heterocycles. The van der Waals surface area contributed by atoms with Crippen molar-refractivity contribution >= 4 is 41.6 Å². The second-order valence-corrected chi connectivity index (χ2v) is 9.39. The van der Waals surface area contributed by atoms with Crippen LogP contribution in [0.2, 0.25) is 0 Å². The van der Waals surface area contributed by atoms with Crippen LogP contribution in [0, 0.1) is 5.92 Å². The fourth-order valence-electron chi connectivity index (χ4n) is 3.38. The molecular formula is C23H40N6O11. The van der Waals surface area contributed by atoms with Crippen molar-refractivity contribution in [1.29, 1.82) is 0 Å². The van der Waals surface area contributed by atoms with Crippen LogP contribution in [0.25, 0.3) is 0 Å². The zero-order valence-corrected chi connectivity index (χ0v) is 22.5. The van der Waals surface area contributed by atoms with Crippen LogP contribution >= 0.6 is 0 Å². The van der Waals surface area contributed by atoms with E-state index in [0.717, 1.165) is 0 Å². The van der Waals surface area contributed by atoms with Gasteiger partial charge in [0.1, 0.15) is 30.7 Å². The van der Waals surface area contributed by atoms with Crippen LogP contribution in [0.15, 0.2) is 0 Å². The summed E-state index contributed by atoms with van der Waals surface area (Å²) in [7, 11) is 0. The van der Waals surface area contributed by atoms with Crippen LogP contribution < -0.4 is 27.5 Å². The van der Waals surface area contributed by atoms with Gasteiger partial charge >= 0.3 is 23.9 Å². The summed E-state index contributed by atoms with van der Waals surface area (Å²) in [5.41, 5.74) is 13.0. The van der Waals surface area contributed by atoms with Gasteiger partial charge in [-0.05, 0) is 44.6 Å². The molecule has 0 aliphatic rings. The molecule has 17 heteroatoms. The molecule has 0 spiro atoms. The third kappa shape index (κ3) is 14.4. The van der Waals surface area contributed by atoms with E-state index in [0.29, 0.717) is 24.4 Å². The van der Waals surface area contributed by atoms with Gasteiger partial charge in [-0.25, -0.2) is 10.2 Å². The van der Waals surface area contributed by atoms with Gasteiger partial charge in [-0.15, -0.1) is 0 Å². The Bertz CT molecular complexity index is 914. The van der Waals surface area contributed by atoms with E-state index in [1.807, 2.05) is 0 Å². The number of carboxylic acids is 4. The van der Waals surface area contributed by atoms with Crippen LogP contribution in [0.3, 0.4) is 0 Å². The maximum atomic E-state index is 13.2. The molecule has 3 amide bonds. The number of aliphatic carboxylic acids is 4. The highest BCUT2D eigenvalue weighted by atomic mass is 16.4. The second kappa shape index (κ2) is 18.5. The molecular weight excluding hydrogens is 536 g/mol. The van der Waals surface area contributed by atoms with Gasteiger partial charge in [-0.1, -0.05) is 13.8 Å². The number of nitrogens with two attached hydrogens (primary N) is 2. The number of nitrogens with zero attached hydrogens (tertiary/aromatic N) is 1. The number of amides is 3. The number of hydrogen-bond acceptors (Lipinski definition) is 10. The van der Waals surface area contributed by atoms with Crippen LogP contribution in [0.5, 0.6) is 0 Å². The van der Waals surface area contributed by atoms with Crippen LogP contribution in [0.4, 0.5) is 0 Å². The van der Waals surface area contributed by atoms with Gasteiger partial charge in [0.25, 0.3) is 5.91 Å². The molecule has 0 aliphatic heterocycles. The third-order valence-corrected chi connectivity index (χ3v) is 5.66. The summed E-state index contributed by atoms with van der Waals surface area (Å²) in [6.07, 6.45) is -0.363. The quantitative estimate of drug-likeness (QED) is 0.0511. The lowest BCUT2D eigenvalue weighted by molar-refractivity contribution is -0.153. The Kier molecular flexibility index (Phi) is 16.7. The highest BCUT2D eigenvalue weighted by molar-refractivity contribution is 5.90. The van der Waals surface area contributed by atoms with Crippen LogP contribution in [0.1, 0.15) is 58.8 Å². The molecule has 0 saturated heterocycles. The molecule has 0 fully saturated rings. The Balaban J connectivity index is 5.48. The lowest BCUT2D eigenvalue weighted by Gasteiger charge is -2.31.